The van der Waals surface area contributed by atoms with Crippen molar-refractivity contribution in [3.05, 3.63) is 28.5 Å². The summed E-state index contributed by atoms with van der Waals surface area (Å²) in [5, 5.41) is 0. The number of nitrogens with two attached hydrogens (primary N) is 1. The summed E-state index contributed by atoms with van der Waals surface area (Å²) < 4.78 is 0.998. The van der Waals surface area contributed by atoms with Gasteiger partial charge in [0.15, 0.2) is 0 Å². The molecule has 0 spiro atoms. The second-order valence-corrected chi connectivity index (χ2v) is 4.18. The quantitative estimate of drug-likeness (QED) is 0.895. The van der Waals surface area contributed by atoms with Gasteiger partial charge < -0.3 is 5.73 Å². The number of halogens is 1. The lowest BCUT2D eigenvalue weighted by atomic mass is 10.1. The van der Waals surface area contributed by atoms with Crippen LogP contribution in [0.25, 0.3) is 0 Å². The Balaban J connectivity index is 2.89. The van der Waals surface area contributed by atoms with Gasteiger partial charge >= 0.3 is 0 Å². The van der Waals surface area contributed by atoms with Crippen molar-refractivity contribution in [1.29, 1.82) is 0 Å². The Hall–Kier alpha value is -0.450. The number of hydrogen-bond donors (Lipinski definition) is 1. The second kappa shape index (κ2) is 5.44. The van der Waals surface area contributed by atoms with Crippen LogP contribution in [0.3, 0.4) is 0 Å². The fourth-order valence-corrected chi connectivity index (χ4v) is 1.78. The van der Waals surface area contributed by atoms with E-state index in [1.54, 1.807) is 6.20 Å². The molecular formula is C10H16BrN3. The molecule has 1 atom stereocenters. The standard InChI is InChI=1S/C10H16BrN3/c1-3-14(2)10(5-12)8-4-9(11)7-13-6-8/h4,6-7,10H,3,5,12H2,1-2H3. The van der Waals surface area contributed by atoms with Crippen molar-refractivity contribution in [3.8, 4) is 0 Å². The summed E-state index contributed by atoms with van der Waals surface area (Å²) in [6.07, 6.45) is 3.65. The number of hydrogen-bond acceptors (Lipinski definition) is 3. The molecule has 3 nitrogen and oxygen atoms in total. The smallest absolute Gasteiger partial charge is 0.0482 e. The van der Waals surface area contributed by atoms with Crippen molar-refractivity contribution in [2.45, 2.75) is 13.0 Å². The highest BCUT2D eigenvalue weighted by atomic mass is 79.9. The van der Waals surface area contributed by atoms with E-state index < -0.39 is 0 Å². The summed E-state index contributed by atoms with van der Waals surface area (Å²) in [7, 11) is 2.07. The Morgan fingerprint density at radius 1 is 1.57 bits per heavy atom. The van der Waals surface area contributed by atoms with Gasteiger partial charge in [0.25, 0.3) is 0 Å². The van der Waals surface area contributed by atoms with Crippen molar-refractivity contribution in [1.82, 2.24) is 9.88 Å². The zero-order valence-electron chi connectivity index (χ0n) is 8.57. The van der Waals surface area contributed by atoms with Crippen LogP contribution in [0, 0.1) is 0 Å². The molecule has 0 fully saturated rings. The van der Waals surface area contributed by atoms with Crippen LogP contribution < -0.4 is 5.73 Å². The van der Waals surface area contributed by atoms with Crippen LogP contribution in [0.2, 0.25) is 0 Å². The first-order valence-electron chi connectivity index (χ1n) is 4.69. The second-order valence-electron chi connectivity index (χ2n) is 3.26. The van der Waals surface area contributed by atoms with Crippen molar-refractivity contribution in [2.75, 3.05) is 20.1 Å². The molecule has 1 rings (SSSR count). The largest absolute Gasteiger partial charge is 0.329 e. The van der Waals surface area contributed by atoms with E-state index >= 15 is 0 Å². The van der Waals surface area contributed by atoms with Gasteiger partial charge in [-0.25, -0.2) is 0 Å². The van der Waals surface area contributed by atoms with Gasteiger partial charge in [-0.05, 0) is 41.2 Å². The van der Waals surface area contributed by atoms with Crippen LogP contribution in [0.1, 0.15) is 18.5 Å². The van der Waals surface area contributed by atoms with Gasteiger partial charge in [-0.2, -0.15) is 0 Å². The first-order chi connectivity index (χ1) is 6.69. The summed E-state index contributed by atoms with van der Waals surface area (Å²) in [6, 6.07) is 2.32. The molecule has 14 heavy (non-hydrogen) atoms. The molecule has 0 saturated heterocycles. The molecule has 78 valence electrons. The van der Waals surface area contributed by atoms with E-state index in [4.69, 9.17) is 5.73 Å². The Labute approximate surface area is 93.4 Å². The molecule has 0 aliphatic rings. The minimum absolute atomic E-state index is 0.255. The molecule has 0 aromatic carbocycles. The fraction of sp³-hybridized carbons (Fsp3) is 0.500. The highest BCUT2D eigenvalue weighted by Gasteiger charge is 2.14. The third kappa shape index (κ3) is 2.77. The van der Waals surface area contributed by atoms with E-state index in [1.165, 1.54) is 0 Å². The molecule has 0 aliphatic carbocycles. The minimum Gasteiger partial charge on any atom is -0.329 e. The van der Waals surface area contributed by atoms with Crippen molar-refractivity contribution in [3.63, 3.8) is 0 Å². The number of aromatic nitrogens is 1. The van der Waals surface area contributed by atoms with E-state index in [-0.39, 0.29) is 6.04 Å². The molecule has 1 unspecified atom stereocenters. The molecule has 4 heteroatoms. The molecule has 0 radical (unpaired) electrons. The zero-order valence-corrected chi connectivity index (χ0v) is 10.2. The normalized spacial score (nSPS) is 13.2. The van der Waals surface area contributed by atoms with E-state index in [1.807, 2.05) is 6.20 Å². The molecule has 0 saturated carbocycles. The topological polar surface area (TPSA) is 42.1 Å². The number of rotatable bonds is 4. The van der Waals surface area contributed by atoms with E-state index in [9.17, 15) is 0 Å². The molecule has 0 aliphatic heterocycles. The maximum absolute atomic E-state index is 5.75. The van der Waals surface area contributed by atoms with Crippen molar-refractivity contribution < 1.29 is 0 Å². The highest BCUT2D eigenvalue weighted by molar-refractivity contribution is 9.10. The van der Waals surface area contributed by atoms with E-state index in [2.05, 4.69) is 45.9 Å². The molecular weight excluding hydrogens is 242 g/mol. The lowest BCUT2D eigenvalue weighted by molar-refractivity contribution is 0.263. The predicted molar refractivity (Wildman–Crippen MR) is 62.0 cm³/mol. The Bertz CT molecular complexity index is 290. The van der Waals surface area contributed by atoms with Gasteiger partial charge in [-0.3, -0.25) is 9.88 Å². The Kier molecular flexibility index (Phi) is 4.51. The lowest BCUT2D eigenvalue weighted by Crippen LogP contribution is -2.30. The number of pyridine rings is 1. The maximum Gasteiger partial charge on any atom is 0.0482 e. The first-order valence-corrected chi connectivity index (χ1v) is 5.49. The number of likely N-dealkylation sites (N-methyl/N-ethyl adjacent to an activating group) is 1. The fourth-order valence-electron chi connectivity index (χ4n) is 1.40. The molecule has 1 aromatic heterocycles. The third-order valence-electron chi connectivity index (χ3n) is 2.36. The third-order valence-corrected chi connectivity index (χ3v) is 2.80. The van der Waals surface area contributed by atoms with Crippen LogP contribution in [0.15, 0.2) is 22.9 Å². The van der Waals surface area contributed by atoms with Gasteiger partial charge in [0.05, 0.1) is 0 Å². The minimum atomic E-state index is 0.255. The Morgan fingerprint density at radius 2 is 2.29 bits per heavy atom. The van der Waals surface area contributed by atoms with Crippen LogP contribution in [0.4, 0.5) is 0 Å². The monoisotopic (exact) mass is 257 g/mol. The summed E-state index contributed by atoms with van der Waals surface area (Å²) in [4.78, 5) is 6.35. The van der Waals surface area contributed by atoms with Gasteiger partial charge in [0.2, 0.25) is 0 Å². The molecule has 0 amide bonds. The molecule has 1 aromatic rings. The highest BCUT2D eigenvalue weighted by Crippen LogP contribution is 2.20. The summed E-state index contributed by atoms with van der Waals surface area (Å²) >= 11 is 3.41. The van der Waals surface area contributed by atoms with Crippen LogP contribution in [-0.4, -0.2) is 30.0 Å². The van der Waals surface area contributed by atoms with Crippen LogP contribution >= 0.6 is 15.9 Å². The summed E-state index contributed by atoms with van der Waals surface area (Å²) in [5.74, 6) is 0. The van der Waals surface area contributed by atoms with Gasteiger partial charge in [-0.15, -0.1) is 0 Å². The van der Waals surface area contributed by atoms with Crippen LogP contribution in [-0.2, 0) is 0 Å². The zero-order chi connectivity index (χ0) is 10.6. The molecule has 0 bridgehead atoms. The first kappa shape index (κ1) is 11.6. The maximum atomic E-state index is 5.75. The predicted octanol–water partition coefficient (Wildman–Crippen LogP) is 1.80. The summed E-state index contributed by atoms with van der Waals surface area (Å²) in [6.45, 7) is 3.71. The molecule has 1 heterocycles. The average Bonchev–Trinajstić information content (AvgIpc) is 2.19. The average molecular weight is 258 g/mol. The number of nitrogens with zero attached hydrogens (tertiary/aromatic N) is 2. The van der Waals surface area contributed by atoms with Gasteiger partial charge in [0, 0.05) is 29.5 Å². The van der Waals surface area contributed by atoms with E-state index in [0.29, 0.717) is 6.54 Å². The van der Waals surface area contributed by atoms with E-state index in [0.717, 1.165) is 16.6 Å². The van der Waals surface area contributed by atoms with Gasteiger partial charge in [0.1, 0.15) is 0 Å². The van der Waals surface area contributed by atoms with Crippen LogP contribution in [0.5, 0.6) is 0 Å². The summed E-state index contributed by atoms with van der Waals surface area (Å²) in [5.41, 5.74) is 6.91. The Morgan fingerprint density at radius 3 is 2.79 bits per heavy atom. The van der Waals surface area contributed by atoms with Crippen molar-refractivity contribution >= 4 is 15.9 Å². The van der Waals surface area contributed by atoms with Gasteiger partial charge in [-0.1, -0.05) is 6.92 Å². The SMILES string of the molecule is CCN(C)C(CN)c1cncc(Br)c1. The lowest BCUT2D eigenvalue weighted by Gasteiger charge is -2.25. The molecule has 2 N–H and O–H groups in total. The van der Waals surface area contributed by atoms with Crippen molar-refractivity contribution in [2.24, 2.45) is 5.73 Å².